The van der Waals surface area contributed by atoms with Crippen molar-refractivity contribution in [3.05, 3.63) is 35.9 Å². The molecule has 2 N–H and O–H groups in total. The maximum absolute atomic E-state index is 12.9. The fraction of sp³-hybridized carbons (Fsp3) is 0.611. The summed E-state index contributed by atoms with van der Waals surface area (Å²) >= 11 is 0. The van der Waals surface area contributed by atoms with Gasteiger partial charge in [0.05, 0.1) is 5.75 Å². The maximum atomic E-state index is 12.9. The van der Waals surface area contributed by atoms with E-state index in [0.29, 0.717) is 19.0 Å². The van der Waals surface area contributed by atoms with E-state index in [1.165, 1.54) is 4.90 Å². The number of nitrogens with one attached hydrogen (secondary N) is 2. The van der Waals surface area contributed by atoms with Crippen LogP contribution in [-0.4, -0.2) is 81.9 Å². The zero-order valence-electron chi connectivity index (χ0n) is 16.6. The molecule has 164 valence electrons. The highest BCUT2D eigenvalue weighted by Gasteiger charge is 2.41. The number of piperazine rings is 1. The van der Waals surface area contributed by atoms with Gasteiger partial charge in [-0.1, -0.05) is 30.3 Å². The minimum atomic E-state index is -4.25. The average Bonchev–Trinajstić information content (AvgIpc) is 2.69. The molecule has 1 aromatic rings. The molecule has 0 bridgehead atoms. The molecule has 0 radical (unpaired) electrons. The topological polar surface area (TPSA) is 77.0 Å². The molecule has 1 fully saturated rings. The zero-order chi connectivity index (χ0) is 21.5. The fourth-order valence-electron chi connectivity index (χ4n) is 3.02. The minimum Gasteiger partial charge on any atom is -0.355 e. The number of hydrogen-bond acceptors (Lipinski definition) is 4. The quantitative estimate of drug-likeness (QED) is 0.498. The summed E-state index contributed by atoms with van der Waals surface area (Å²) in [5.41, 5.74) is 0.866. The van der Waals surface area contributed by atoms with Gasteiger partial charge >= 0.3 is 6.18 Å². The molecular weight excluding hydrogens is 407 g/mol. The molecule has 11 heteroatoms. The Kier molecular flexibility index (Phi) is 8.29. The Morgan fingerprint density at radius 3 is 2.34 bits per heavy atom. The first kappa shape index (κ1) is 23.4. The Morgan fingerprint density at radius 1 is 1.17 bits per heavy atom. The smallest absolute Gasteiger partial charge is 0.355 e. The van der Waals surface area contributed by atoms with Crippen LogP contribution in [0, 0.1) is 0 Å². The van der Waals surface area contributed by atoms with Gasteiger partial charge < -0.3 is 10.2 Å². The summed E-state index contributed by atoms with van der Waals surface area (Å²) in [6.45, 7) is 2.83. The van der Waals surface area contributed by atoms with E-state index in [-0.39, 0.29) is 31.9 Å². The van der Waals surface area contributed by atoms with Crippen molar-refractivity contribution in [1.29, 1.82) is 0 Å². The van der Waals surface area contributed by atoms with Crippen LogP contribution in [0.25, 0.3) is 0 Å². The lowest BCUT2D eigenvalue weighted by Gasteiger charge is -2.39. The first-order valence-corrected chi connectivity index (χ1v) is 11.1. The second kappa shape index (κ2) is 10.3. The SMILES string of the molecule is CN=C(NCCS(=O)(=O)NCc1ccccc1)N1CCN(C(C)C(F)(F)F)CC1. The van der Waals surface area contributed by atoms with Crippen molar-refractivity contribution < 1.29 is 21.6 Å². The summed E-state index contributed by atoms with van der Waals surface area (Å²) in [7, 11) is -1.91. The van der Waals surface area contributed by atoms with Crippen LogP contribution in [0.3, 0.4) is 0 Å². The van der Waals surface area contributed by atoms with Crippen LogP contribution in [0.15, 0.2) is 35.3 Å². The number of aliphatic imine (C=N–C) groups is 1. The highest BCUT2D eigenvalue weighted by Crippen LogP contribution is 2.25. The summed E-state index contributed by atoms with van der Waals surface area (Å²) in [5.74, 6) is 0.353. The van der Waals surface area contributed by atoms with Gasteiger partial charge in [0.2, 0.25) is 10.0 Å². The van der Waals surface area contributed by atoms with E-state index in [4.69, 9.17) is 0 Å². The van der Waals surface area contributed by atoms with Gasteiger partial charge in [0.25, 0.3) is 0 Å². The first-order valence-electron chi connectivity index (χ1n) is 9.40. The van der Waals surface area contributed by atoms with E-state index < -0.39 is 22.2 Å². The fourth-order valence-corrected chi connectivity index (χ4v) is 3.92. The monoisotopic (exact) mass is 435 g/mol. The van der Waals surface area contributed by atoms with Crippen molar-refractivity contribution in [1.82, 2.24) is 19.8 Å². The van der Waals surface area contributed by atoms with Gasteiger partial charge in [-0.05, 0) is 12.5 Å². The van der Waals surface area contributed by atoms with Crippen LogP contribution in [0.5, 0.6) is 0 Å². The summed E-state index contributed by atoms with van der Waals surface area (Å²) in [4.78, 5) is 7.35. The van der Waals surface area contributed by atoms with Crippen LogP contribution in [-0.2, 0) is 16.6 Å². The molecule has 1 unspecified atom stereocenters. The molecular formula is C18H28F3N5O2S. The van der Waals surface area contributed by atoms with Gasteiger partial charge in [-0.15, -0.1) is 0 Å². The Hall–Kier alpha value is -1.85. The number of guanidine groups is 1. The second-order valence-corrected chi connectivity index (χ2v) is 8.77. The zero-order valence-corrected chi connectivity index (χ0v) is 17.4. The van der Waals surface area contributed by atoms with E-state index in [9.17, 15) is 21.6 Å². The van der Waals surface area contributed by atoms with Gasteiger partial charge in [-0.3, -0.25) is 9.89 Å². The Labute approximate surface area is 170 Å². The van der Waals surface area contributed by atoms with Crippen LogP contribution < -0.4 is 10.0 Å². The molecule has 0 aliphatic carbocycles. The van der Waals surface area contributed by atoms with E-state index in [1.54, 1.807) is 7.05 Å². The molecule has 0 aromatic heterocycles. The van der Waals surface area contributed by atoms with Crippen LogP contribution in [0.1, 0.15) is 12.5 Å². The lowest BCUT2D eigenvalue weighted by molar-refractivity contribution is -0.181. The predicted octanol–water partition coefficient (Wildman–Crippen LogP) is 1.25. The van der Waals surface area contributed by atoms with E-state index in [1.807, 2.05) is 35.2 Å². The average molecular weight is 436 g/mol. The van der Waals surface area contributed by atoms with Crippen molar-refractivity contribution in [3.8, 4) is 0 Å². The highest BCUT2D eigenvalue weighted by atomic mass is 32.2. The molecule has 0 amide bonds. The Balaban J connectivity index is 1.76. The van der Waals surface area contributed by atoms with Crippen LogP contribution in [0.2, 0.25) is 0 Å². The molecule has 7 nitrogen and oxygen atoms in total. The minimum absolute atomic E-state index is 0.135. The van der Waals surface area contributed by atoms with Gasteiger partial charge in [0, 0.05) is 46.3 Å². The summed E-state index contributed by atoms with van der Waals surface area (Å²) < 4.78 is 65.4. The van der Waals surface area contributed by atoms with Crippen molar-refractivity contribution in [2.45, 2.75) is 25.7 Å². The second-order valence-electron chi connectivity index (χ2n) is 6.84. The molecule has 1 saturated heterocycles. The lowest BCUT2D eigenvalue weighted by Crippen LogP contribution is -2.57. The number of rotatable bonds is 7. The molecule has 1 atom stereocenters. The Morgan fingerprint density at radius 2 is 1.79 bits per heavy atom. The maximum Gasteiger partial charge on any atom is 0.403 e. The van der Waals surface area contributed by atoms with E-state index in [0.717, 1.165) is 12.5 Å². The van der Waals surface area contributed by atoms with Crippen LogP contribution in [0.4, 0.5) is 13.2 Å². The Bertz CT molecular complexity index is 763. The standard InChI is InChI=1S/C18H28F3N5O2S/c1-15(18(19,20)21)25-9-11-26(12-10-25)17(22-2)23-8-13-29(27,28)24-14-16-6-4-3-5-7-16/h3-7,15,24H,8-14H2,1-2H3,(H,22,23). The van der Waals surface area contributed by atoms with Crippen molar-refractivity contribution in [3.63, 3.8) is 0 Å². The lowest BCUT2D eigenvalue weighted by atomic mass is 10.2. The molecule has 1 aliphatic rings. The van der Waals surface area contributed by atoms with Gasteiger partial charge in [0.15, 0.2) is 5.96 Å². The summed E-state index contributed by atoms with van der Waals surface area (Å²) in [5, 5.41) is 2.98. The molecule has 2 rings (SSSR count). The number of hydrogen-bond donors (Lipinski definition) is 2. The summed E-state index contributed by atoms with van der Waals surface area (Å²) in [6.07, 6.45) is -4.25. The molecule has 29 heavy (non-hydrogen) atoms. The van der Waals surface area contributed by atoms with E-state index >= 15 is 0 Å². The van der Waals surface area contributed by atoms with E-state index in [2.05, 4.69) is 15.0 Å². The van der Waals surface area contributed by atoms with Gasteiger partial charge in [-0.25, -0.2) is 13.1 Å². The molecule has 0 saturated carbocycles. The number of nitrogens with zero attached hydrogens (tertiary/aromatic N) is 3. The third kappa shape index (κ3) is 7.48. The molecule has 1 aromatic carbocycles. The largest absolute Gasteiger partial charge is 0.403 e. The number of sulfonamides is 1. The number of halogens is 3. The van der Waals surface area contributed by atoms with Crippen molar-refractivity contribution >= 4 is 16.0 Å². The third-order valence-electron chi connectivity index (χ3n) is 4.84. The van der Waals surface area contributed by atoms with Gasteiger partial charge in [-0.2, -0.15) is 13.2 Å². The number of benzene rings is 1. The van der Waals surface area contributed by atoms with Gasteiger partial charge in [0.1, 0.15) is 6.04 Å². The summed E-state index contributed by atoms with van der Waals surface area (Å²) in [6, 6.07) is 7.72. The molecule has 1 heterocycles. The predicted molar refractivity (Wildman–Crippen MR) is 107 cm³/mol. The normalized spacial score (nSPS) is 18.0. The third-order valence-corrected chi connectivity index (χ3v) is 6.17. The van der Waals surface area contributed by atoms with Crippen molar-refractivity contribution in [2.75, 3.05) is 45.5 Å². The molecule has 0 spiro atoms. The highest BCUT2D eigenvalue weighted by molar-refractivity contribution is 7.89. The number of alkyl halides is 3. The van der Waals surface area contributed by atoms with Crippen molar-refractivity contribution in [2.24, 2.45) is 4.99 Å². The van der Waals surface area contributed by atoms with Crippen LogP contribution >= 0.6 is 0 Å². The first-order chi connectivity index (χ1) is 13.6. The molecule has 1 aliphatic heterocycles.